The molecule has 3 rings (SSSR count). The molecule has 22 heavy (non-hydrogen) atoms. The highest BCUT2D eigenvalue weighted by atomic mass is 16.7. The van der Waals surface area contributed by atoms with E-state index in [0.29, 0.717) is 13.0 Å². The van der Waals surface area contributed by atoms with Gasteiger partial charge in [-0.15, -0.1) is 0 Å². The summed E-state index contributed by atoms with van der Waals surface area (Å²) in [4.78, 5) is 25.2. The van der Waals surface area contributed by atoms with Gasteiger partial charge in [0.15, 0.2) is 12.5 Å². The molecule has 2 aliphatic heterocycles. The summed E-state index contributed by atoms with van der Waals surface area (Å²) in [6, 6.07) is 1.17. The summed E-state index contributed by atoms with van der Waals surface area (Å²) < 4.78 is 17.7. The molecule has 0 radical (unpaired) electrons. The van der Waals surface area contributed by atoms with E-state index in [2.05, 4.69) is 4.98 Å². The fourth-order valence-electron chi connectivity index (χ4n) is 2.70. The summed E-state index contributed by atoms with van der Waals surface area (Å²) in [5.41, 5.74) is -1.21. The number of H-pyrrole nitrogens is 1. The minimum atomic E-state index is -1.11. The zero-order chi connectivity index (χ0) is 15.7. The van der Waals surface area contributed by atoms with E-state index in [1.165, 1.54) is 12.3 Å². The van der Waals surface area contributed by atoms with Gasteiger partial charge in [-0.3, -0.25) is 14.3 Å². The lowest BCUT2D eigenvalue weighted by atomic mass is 10.1. The first-order valence-corrected chi connectivity index (χ1v) is 7.13. The maximum Gasteiger partial charge on any atom is 0.330 e. The van der Waals surface area contributed by atoms with Crippen LogP contribution in [0.5, 0.6) is 0 Å². The molecule has 1 aromatic rings. The third kappa shape index (κ3) is 2.85. The van der Waals surface area contributed by atoms with Gasteiger partial charge in [0.05, 0.1) is 6.61 Å². The second kappa shape index (κ2) is 6.31. The maximum absolute atomic E-state index is 11.9. The minimum absolute atomic E-state index is 0.416. The first-order chi connectivity index (χ1) is 10.6. The number of nitrogens with zero attached hydrogens (tertiary/aromatic N) is 1. The van der Waals surface area contributed by atoms with Crippen LogP contribution in [0.15, 0.2) is 21.9 Å². The van der Waals surface area contributed by atoms with Crippen LogP contribution in [0.4, 0.5) is 0 Å². The van der Waals surface area contributed by atoms with Crippen molar-refractivity contribution in [2.75, 3.05) is 13.2 Å². The fraction of sp³-hybridized carbons (Fsp3) is 0.692. The normalized spacial score (nSPS) is 35.1. The SMILES string of the molecule is O=c1ccn([C@@H]2O[C@H](CO)[C@@H](O)[C@H]2O[C@H]2CCCO2)c(=O)[nH]1. The van der Waals surface area contributed by atoms with Crippen molar-refractivity contribution in [3.8, 4) is 0 Å². The van der Waals surface area contributed by atoms with E-state index in [1.807, 2.05) is 0 Å². The van der Waals surface area contributed by atoms with Crippen molar-refractivity contribution in [3.05, 3.63) is 33.1 Å². The summed E-state index contributed by atoms with van der Waals surface area (Å²) in [7, 11) is 0. The fourth-order valence-corrected chi connectivity index (χ4v) is 2.70. The molecule has 1 aromatic heterocycles. The van der Waals surface area contributed by atoms with E-state index in [0.717, 1.165) is 11.0 Å². The van der Waals surface area contributed by atoms with Gasteiger partial charge in [0.25, 0.3) is 5.56 Å². The average molecular weight is 314 g/mol. The summed E-state index contributed by atoms with van der Waals surface area (Å²) in [5, 5.41) is 19.5. The Morgan fingerprint density at radius 3 is 2.91 bits per heavy atom. The van der Waals surface area contributed by atoms with Crippen molar-refractivity contribution in [1.29, 1.82) is 0 Å². The Morgan fingerprint density at radius 2 is 2.27 bits per heavy atom. The number of hydrogen-bond acceptors (Lipinski definition) is 7. The van der Waals surface area contributed by atoms with Crippen LogP contribution in [0, 0.1) is 0 Å². The molecule has 0 aromatic carbocycles. The molecular formula is C13H18N2O7. The predicted molar refractivity (Wildman–Crippen MR) is 72.2 cm³/mol. The number of aromatic nitrogens is 2. The quantitative estimate of drug-likeness (QED) is 0.606. The molecule has 0 aliphatic carbocycles. The molecule has 2 saturated heterocycles. The van der Waals surface area contributed by atoms with Gasteiger partial charge in [-0.1, -0.05) is 0 Å². The molecule has 0 amide bonds. The molecular weight excluding hydrogens is 296 g/mol. The van der Waals surface area contributed by atoms with E-state index in [1.54, 1.807) is 0 Å². The Morgan fingerprint density at radius 1 is 1.45 bits per heavy atom. The number of nitrogens with one attached hydrogen (secondary N) is 1. The topological polar surface area (TPSA) is 123 Å². The summed E-state index contributed by atoms with van der Waals surface area (Å²) in [5.74, 6) is 0. The molecule has 2 aliphatic rings. The van der Waals surface area contributed by atoms with Crippen molar-refractivity contribution in [3.63, 3.8) is 0 Å². The molecule has 5 atom stereocenters. The number of aliphatic hydroxyl groups excluding tert-OH is 2. The lowest BCUT2D eigenvalue weighted by molar-refractivity contribution is -0.182. The molecule has 0 bridgehead atoms. The molecule has 0 spiro atoms. The summed E-state index contributed by atoms with van der Waals surface area (Å²) in [6.07, 6.45) is -1.52. The van der Waals surface area contributed by atoms with Crippen LogP contribution in [-0.2, 0) is 14.2 Å². The molecule has 2 fully saturated rings. The Kier molecular flexibility index (Phi) is 4.41. The number of aromatic amines is 1. The molecule has 9 nitrogen and oxygen atoms in total. The van der Waals surface area contributed by atoms with Gasteiger partial charge in [-0.25, -0.2) is 4.79 Å². The minimum Gasteiger partial charge on any atom is -0.394 e. The van der Waals surface area contributed by atoms with Crippen LogP contribution in [0.1, 0.15) is 19.1 Å². The first-order valence-electron chi connectivity index (χ1n) is 7.13. The number of aliphatic hydroxyl groups is 2. The first kappa shape index (κ1) is 15.4. The van der Waals surface area contributed by atoms with E-state index in [-0.39, 0.29) is 0 Å². The summed E-state index contributed by atoms with van der Waals surface area (Å²) >= 11 is 0. The van der Waals surface area contributed by atoms with Crippen molar-refractivity contribution in [2.24, 2.45) is 0 Å². The van der Waals surface area contributed by atoms with Gasteiger partial charge in [0.2, 0.25) is 0 Å². The van der Waals surface area contributed by atoms with Gasteiger partial charge in [-0.2, -0.15) is 0 Å². The average Bonchev–Trinajstić information content (AvgIpc) is 3.10. The van der Waals surface area contributed by atoms with Gasteiger partial charge in [-0.05, 0) is 6.42 Å². The van der Waals surface area contributed by atoms with Gasteiger partial charge < -0.3 is 24.4 Å². The molecule has 3 N–H and O–H groups in total. The van der Waals surface area contributed by atoms with Crippen LogP contribution in [-0.4, -0.2) is 57.6 Å². The Bertz CT molecular complexity index is 621. The van der Waals surface area contributed by atoms with Gasteiger partial charge in [0.1, 0.15) is 18.3 Å². The molecule has 0 saturated carbocycles. The molecule has 0 unspecified atom stereocenters. The number of hydrogen-bond donors (Lipinski definition) is 3. The molecule has 3 heterocycles. The van der Waals surface area contributed by atoms with Crippen molar-refractivity contribution in [2.45, 2.75) is 43.7 Å². The smallest absolute Gasteiger partial charge is 0.330 e. The highest BCUT2D eigenvalue weighted by Gasteiger charge is 2.47. The Hall–Kier alpha value is -1.52. The Labute approximate surface area is 125 Å². The molecule has 9 heteroatoms. The van der Waals surface area contributed by atoms with E-state index < -0.39 is 48.7 Å². The van der Waals surface area contributed by atoms with Gasteiger partial charge >= 0.3 is 5.69 Å². The van der Waals surface area contributed by atoms with Crippen molar-refractivity contribution in [1.82, 2.24) is 9.55 Å². The summed E-state index contributed by atoms with van der Waals surface area (Å²) in [6.45, 7) is 0.155. The van der Waals surface area contributed by atoms with Crippen LogP contribution < -0.4 is 11.2 Å². The molecule has 122 valence electrons. The van der Waals surface area contributed by atoms with Crippen LogP contribution in [0.3, 0.4) is 0 Å². The second-order valence-electron chi connectivity index (χ2n) is 5.30. The van der Waals surface area contributed by atoms with Crippen LogP contribution in [0.25, 0.3) is 0 Å². The van der Waals surface area contributed by atoms with E-state index in [4.69, 9.17) is 14.2 Å². The van der Waals surface area contributed by atoms with E-state index in [9.17, 15) is 19.8 Å². The lowest BCUT2D eigenvalue weighted by Crippen LogP contribution is -2.41. The zero-order valence-electron chi connectivity index (χ0n) is 11.8. The standard InChI is InChI=1S/C13H18N2O7/c16-6-7-10(18)11(22-9-2-1-5-20-9)12(21-7)15-4-3-8(17)14-13(15)19/h3-4,7,9-12,16,18H,1-2,5-6H2,(H,14,17,19)/t7-,9+,10-,11-,12-/m1/s1. The lowest BCUT2D eigenvalue weighted by Gasteiger charge is -2.24. The Balaban J connectivity index is 1.88. The predicted octanol–water partition coefficient (Wildman–Crippen LogP) is -1.69. The monoisotopic (exact) mass is 314 g/mol. The highest BCUT2D eigenvalue weighted by Crippen LogP contribution is 2.32. The largest absolute Gasteiger partial charge is 0.394 e. The number of rotatable bonds is 4. The third-order valence-corrected chi connectivity index (χ3v) is 3.81. The van der Waals surface area contributed by atoms with Crippen LogP contribution >= 0.6 is 0 Å². The highest BCUT2D eigenvalue weighted by molar-refractivity contribution is 4.94. The van der Waals surface area contributed by atoms with Crippen molar-refractivity contribution < 1.29 is 24.4 Å². The second-order valence-corrected chi connectivity index (χ2v) is 5.30. The third-order valence-electron chi connectivity index (χ3n) is 3.81. The van der Waals surface area contributed by atoms with Crippen LogP contribution in [0.2, 0.25) is 0 Å². The van der Waals surface area contributed by atoms with Gasteiger partial charge in [0, 0.05) is 25.3 Å². The van der Waals surface area contributed by atoms with E-state index >= 15 is 0 Å². The zero-order valence-corrected chi connectivity index (χ0v) is 11.8. The maximum atomic E-state index is 11.9. The van der Waals surface area contributed by atoms with Crippen molar-refractivity contribution >= 4 is 0 Å². The number of ether oxygens (including phenoxy) is 3.